The third kappa shape index (κ3) is 3.16. The molecule has 0 saturated carbocycles. The second-order valence-electron chi connectivity index (χ2n) is 7.49. The van der Waals surface area contributed by atoms with Crippen LogP contribution in [0.15, 0.2) is 64.3 Å². The number of aromatic amines is 2. The first-order valence-electron chi connectivity index (χ1n) is 9.79. The van der Waals surface area contributed by atoms with Gasteiger partial charge in [0.05, 0.1) is 16.6 Å². The summed E-state index contributed by atoms with van der Waals surface area (Å²) in [4.78, 5) is 28.9. The summed E-state index contributed by atoms with van der Waals surface area (Å²) in [5, 5.41) is 4.10. The molecule has 0 aliphatic rings. The standard InChI is InChI=1S/C23H18F2N4O2/c1-13-22-20(27-29(23(22)31)17-5-2-15(24)3-6-17)11-21(30)28(13)9-8-14-12-26-19-7-4-16(25)10-18(14)19/h2-7,10-12,26-27H,8-9H2,1H3. The van der Waals surface area contributed by atoms with E-state index in [-0.39, 0.29) is 16.9 Å². The molecule has 2 N–H and O–H groups in total. The molecule has 0 bridgehead atoms. The quantitative estimate of drug-likeness (QED) is 0.464. The molecule has 0 saturated heterocycles. The Labute approximate surface area is 174 Å². The monoisotopic (exact) mass is 420 g/mol. The second kappa shape index (κ2) is 7.09. The topological polar surface area (TPSA) is 75.6 Å². The van der Waals surface area contributed by atoms with Gasteiger partial charge in [-0.1, -0.05) is 0 Å². The molecule has 0 aliphatic carbocycles. The highest BCUT2D eigenvalue weighted by Gasteiger charge is 2.16. The molecule has 0 unspecified atom stereocenters. The van der Waals surface area contributed by atoms with Crippen molar-refractivity contribution in [2.75, 3.05) is 0 Å². The molecule has 3 heterocycles. The Kier molecular flexibility index (Phi) is 4.35. The molecule has 0 aliphatic heterocycles. The number of fused-ring (bicyclic) bond motifs is 2. The van der Waals surface area contributed by atoms with Gasteiger partial charge in [-0.2, -0.15) is 0 Å². The predicted octanol–water partition coefficient (Wildman–Crippen LogP) is 3.79. The Balaban J connectivity index is 1.55. The summed E-state index contributed by atoms with van der Waals surface area (Å²) in [7, 11) is 0. The lowest BCUT2D eigenvalue weighted by Crippen LogP contribution is -2.24. The average molecular weight is 420 g/mol. The zero-order chi connectivity index (χ0) is 21.7. The number of aryl methyl sites for hydroxylation is 2. The Morgan fingerprint density at radius 2 is 1.68 bits per heavy atom. The van der Waals surface area contributed by atoms with Crippen molar-refractivity contribution in [2.24, 2.45) is 0 Å². The second-order valence-corrected chi connectivity index (χ2v) is 7.49. The van der Waals surface area contributed by atoms with E-state index >= 15 is 0 Å². The van der Waals surface area contributed by atoms with Crippen molar-refractivity contribution in [3.05, 3.63) is 98.3 Å². The zero-order valence-electron chi connectivity index (χ0n) is 16.6. The van der Waals surface area contributed by atoms with Crippen molar-refractivity contribution in [3.8, 4) is 5.69 Å². The summed E-state index contributed by atoms with van der Waals surface area (Å²) < 4.78 is 29.7. The van der Waals surface area contributed by atoms with Gasteiger partial charge in [-0.15, -0.1) is 0 Å². The number of benzene rings is 2. The van der Waals surface area contributed by atoms with Gasteiger partial charge < -0.3 is 9.55 Å². The van der Waals surface area contributed by atoms with E-state index in [1.807, 2.05) is 0 Å². The third-order valence-corrected chi connectivity index (χ3v) is 5.64. The van der Waals surface area contributed by atoms with Gasteiger partial charge in [0.25, 0.3) is 11.1 Å². The maximum Gasteiger partial charge on any atom is 0.280 e. The van der Waals surface area contributed by atoms with Crippen molar-refractivity contribution in [1.82, 2.24) is 19.3 Å². The van der Waals surface area contributed by atoms with Gasteiger partial charge in [-0.3, -0.25) is 14.7 Å². The van der Waals surface area contributed by atoms with Crippen molar-refractivity contribution < 1.29 is 8.78 Å². The maximum absolute atomic E-state index is 13.6. The molecule has 0 radical (unpaired) electrons. The number of hydrogen-bond acceptors (Lipinski definition) is 2. The molecule has 0 atom stereocenters. The number of nitrogens with one attached hydrogen (secondary N) is 2. The highest BCUT2D eigenvalue weighted by Crippen LogP contribution is 2.21. The van der Waals surface area contributed by atoms with Crippen molar-refractivity contribution in [1.29, 1.82) is 0 Å². The molecule has 6 nitrogen and oxygen atoms in total. The van der Waals surface area contributed by atoms with Gasteiger partial charge in [0.2, 0.25) is 0 Å². The number of hydrogen-bond donors (Lipinski definition) is 2. The minimum atomic E-state index is -0.402. The molecular formula is C23H18F2N4O2. The zero-order valence-corrected chi connectivity index (χ0v) is 16.6. The van der Waals surface area contributed by atoms with Gasteiger partial charge >= 0.3 is 0 Å². The van der Waals surface area contributed by atoms with E-state index in [0.29, 0.717) is 35.2 Å². The van der Waals surface area contributed by atoms with Crippen LogP contribution in [0.4, 0.5) is 8.78 Å². The summed E-state index contributed by atoms with van der Waals surface area (Å²) in [6.07, 6.45) is 2.30. The van der Waals surface area contributed by atoms with Gasteiger partial charge in [0, 0.05) is 35.4 Å². The van der Waals surface area contributed by atoms with Crippen LogP contribution in [0.1, 0.15) is 11.3 Å². The van der Waals surface area contributed by atoms with Crippen LogP contribution >= 0.6 is 0 Å². The van der Waals surface area contributed by atoms with Crippen molar-refractivity contribution >= 4 is 21.8 Å². The largest absolute Gasteiger partial charge is 0.361 e. The van der Waals surface area contributed by atoms with Gasteiger partial charge in [-0.25, -0.2) is 13.5 Å². The molecule has 0 amide bonds. The van der Waals surface area contributed by atoms with E-state index in [9.17, 15) is 18.4 Å². The molecule has 3 aromatic heterocycles. The van der Waals surface area contributed by atoms with Crippen LogP contribution in [0.25, 0.3) is 27.5 Å². The fourth-order valence-corrected chi connectivity index (χ4v) is 4.05. The number of aromatic nitrogens is 4. The number of rotatable bonds is 4. The van der Waals surface area contributed by atoms with Gasteiger partial charge in [-0.05, 0) is 61.4 Å². The van der Waals surface area contributed by atoms with Gasteiger partial charge in [0.15, 0.2) is 0 Å². The Morgan fingerprint density at radius 1 is 0.935 bits per heavy atom. The number of nitrogens with zero attached hydrogens (tertiary/aromatic N) is 2. The molecule has 5 aromatic rings. The van der Waals surface area contributed by atoms with E-state index in [2.05, 4.69) is 10.1 Å². The first kappa shape index (κ1) is 19.0. The van der Waals surface area contributed by atoms with Crippen LogP contribution in [0, 0.1) is 18.6 Å². The summed E-state index contributed by atoms with van der Waals surface area (Å²) in [5.41, 5.74) is 2.58. The fourth-order valence-electron chi connectivity index (χ4n) is 4.05. The van der Waals surface area contributed by atoms with Crippen molar-refractivity contribution in [3.63, 3.8) is 0 Å². The molecule has 31 heavy (non-hydrogen) atoms. The number of H-pyrrole nitrogens is 2. The van der Waals surface area contributed by atoms with Crippen LogP contribution < -0.4 is 11.1 Å². The SMILES string of the molecule is Cc1c2c(=O)n(-c3ccc(F)cc3)[nH]c2cc(=O)n1CCc1c[nH]c2ccc(F)cc12. The van der Waals surface area contributed by atoms with Crippen LogP contribution in [0.2, 0.25) is 0 Å². The van der Waals surface area contributed by atoms with Crippen LogP contribution in [-0.2, 0) is 13.0 Å². The van der Waals surface area contributed by atoms with E-state index in [1.165, 1.54) is 47.1 Å². The van der Waals surface area contributed by atoms with Crippen LogP contribution in [-0.4, -0.2) is 19.3 Å². The van der Waals surface area contributed by atoms with Crippen molar-refractivity contribution in [2.45, 2.75) is 19.9 Å². The molecule has 0 spiro atoms. The Morgan fingerprint density at radius 3 is 2.45 bits per heavy atom. The summed E-state index contributed by atoms with van der Waals surface area (Å²) in [6.45, 7) is 2.06. The van der Waals surface area contributed by atoms with E-state index < -0.39 is 5.82 Å². The van der Waals surface area contributed by atoms with Crippen LogP contribution in [0.3, 0.4) is 0 Å². The smallest absolute Gasteiger partial charge is 0.280 e. The van der Waals surface area contributed by atoms with Crippen LogP contribution in [0.5, 0.6) is 0 Å². The van der Waals surface area contributed by atoms with E-state index in [4.69, 9.17) is 0 Å². The molecule has 156 valence electrons. The van der Waals surface area contributed by atoms with E-state index in [1.54, 1.807) is 23.8 Å². The Hall–Kier alpha value is -3.94. The molecular weight excluding hydrogens is 402 g/mol. The molecule has 8 heteroatoms. The molecule has 5 rings (SSSR count). The maximum atomic E-state index is 13.6. The Bertz CT molecular complexity index is 1560. The normalized spacial score (nSPS) is 11.6. The lowest BCUT2D eigenvalue weighted by atomic mass is 10.1. The number of pyridine rings is 1. The average Bonchev–Trinajstić information content (AvgIpc) is 3.29. The molecule has 0 fully saturated rings. The third-order valence-electron chi connectivity index (χ3n) is 5.64. The first-order chi connectivity index (χ1) is 14.9. The highest BCUT2D eigenvalue weighted by molar-refractivity contribution is 5.83. The number of halogens is 2. The minimum absolute atomic E-state index is 0.247. The minimum Gasteiger partial charge on any atom is -0.361 e. The lowest BCUT2D eigenvalue weighted by molar-refractivity contribution is 0.627. The molecule has 2 aromatic carbocycles. The lowest BCUT2D eigenvalue weighted by Gasteiger charge is -2.09. The van der Waals surface area contributed by atoms with E-state index in [0.717, 1.165) is 16.5 Å². The highest BCUT2D eigenvalue weighted by atomic mass is 19.1. The predicted molar refractivity (Wildman–Crippen MR) is 115 cm³/mol. The first-order valence-corrected chi connectivity index (χ1v) is 9.79. The summed E-state index contributed by atoms with van der Waals surface area (Å²) in [6, 6.07) is 11.4. The summed E-state index contributed by atoms with van der Waals surface area (Å²) in [5.74, 6) is -0.724. The fraction of sp³-hybridized carbons (Fsp3) is 0.130. The van der Waals surface area contributed by atoms with Gasteiger partial charge in [0.1, 0.15) is 11.6 Å². The summed E-state index contributed by atoms with van der Waals surface area (Å²) >= 11 is 0.